The first-order valence-electron chi connectivity index (χ1n) is 4.86. The van der Waals surface area contributed by atoms with Crippen LogP contribution < -0.4 is 11.2 Å². The molecular weight excluding hydrogens is 166 g/mol. The highest BCUT2D eigenvalue weighted by Crippen LogP contribution is 2.16. The van der Waals surface area contributed by atoms with Crippen molar-refractivity contribution in [3.8, 4) is 0 Å². The largest absolute Gasteiger partial charge is 0.330 e. The van der Waals surface area contributed by atoms with E-state index in [1.54, 1.807) is 0 Å². The fraction of sp³-hybridized carbons (Fsp3) is 0.778. The quantitative estimate of drug-likeness (QED) is 0.656. The molecule has 1 aliphatic heterocycles. The van der Waals surface area contributed by atoms with Crippen molar-refractivity contribution in [2.45, 2.75) is 32.6 Å². The molecule has 0 bridgehead atoms. The predicted molar refractivity (Wildman–Crippen MR) is 52.3 cm³/mol. The highest BCUT2D eigenvalue weighted by molar-refractivity contribution is 6.07. The molecule has 0 radical (unpaired) electrons. The lowest BCUT2D eigenvalue weighted by Crippen LogP contribution is -2.23. The molecule has 0 spiro atoms. The molecule has 1 amide bonds. The molecule has 4 heteroatoms. The minimum Gasteiger partial charge on any atom is -0.330 e. The summed E-state index contributed by atoms with van der Waals surface area (Å²) in [7, 11) is 0. The zero-order chi connectivity index (χ0) is 9.68. The number of carbonyl (C=O) groups excluding carboxylic acids is 1. The van der Waals surface area contributed by atoms with Crippen LogP contribution in [-0.2, 0) is 4.79 Å². The maximum absolute atomic E-state index is 11.3. The summed E-state index contributed by atoms with van der Waals surface area (Å²) >= 11 is 0. The Kier molecular flexibility index (Phi) is 3.89. The van der Waals surface area contributed by atoms with E-state index in [1.807, 2.05) is 0 Å². The number of rotatable bonds is 5. The van der Waals surface area contributed by atoms with Crippen molar-refractivity contribution in [3.63, 3.8) is 0 Å². The maximum Gasteiger partial charge on any atom is 0.248 e. The molecule has 0 aromatic carbocycles. The minimum absolute atomic E-state index is 0.0106. The SMILES string of the molecule is CCCC1=NNC(=O)C1CCCN. The van der Waals surface area contributed by atoms with Gasteiger partial charge in [-0.25, -0.2) is 5.43 Å². The molecule has 13 heavy (non-hydrogen) atoms. The summed E-state index contributed by atoms with van der Waals surface area (Å²) < 4.78 is 0. The molecule has 1 heterocycles. The van der Waals surface area contributed by atoms with E-state index in [-0.39, 0.29) is 11.8 Å². The molecule has 0 fully saturated rings. The molecule has 1 aliphatic rings. The van der Waals surface area contributed by atoms with Gasteiger partial charge in [-0.2, -0.15) is 5.10 Å². The zero-order valence-electron chi connectivity index (χ0n) is 8.05. The number of nitrogens with zero attached hydrogens (tertiary/aromatic N) is 1. The topological polar surface area (TPSA) is 67.5 Å². The maximum atomic E-state index is 11.3. The van der Waals surface area contributed by atoms with Crippen LogP contribution in [0, 0.1) is 5.92 Å². The van der Waals surface area contributed by atoms with E-state index in [0.29, 0.717) is 6.54 Å². The van der Waals surface area contributed by atoms with Gasteiger partial charge in [-0.1, -0.05) is 13.3 Å². The molecule has 3 N–H and O–H groups in total. The fourth-order valence-electron chi connectivity index (χ4n) is 1.54. The first kappa shape index (κ1) is 10.2. The van der Waals surface area contributed by atoms with Gasteiger partial charge in [-0.3, -0.25) is 4.79 Å². The van der Waals surface area contributed by atoms with Crippen LogP contribution >= 0.6 is 0 Å². The minimum atomic E-state index is -0.0106. The van der Waals surface area contributed by atoms with Crippen LogP contribution in [0.4, 0.5) is 0 Å². The number of hydrogen-bond donors (Lipinski definition) is 2. The standard InChI is InChI=1S/C9H17N3O/c1-2-4-8-7(5-3-6-10)9(13)12-11-8/h7H,2-6,10H2,1H3,(H,12,13). The summed E-state index contributed by atoms with van der Waals surface area (Å²) in [6.07, 6.45) is 3.67. The van der Waals surface area contributed by atoms with Crippen molar-refractivity contribution < 1.29 is 4.79 Å². The number of carbonyl (C=O) groups is 1. The Morgan fingerprint density at radius 2 is 2.38 bits per heavy atom. The van der Waals surface area contributed by atoms with Crippen LogP contribution in [0.2, 0.25) is 0 Å². The van der Waals surface area contributed by atoms with Crippen molar-refractivity contribution in [3.05, 3.63) is 0 Å². The third kappa shape index (κ3) is 2.52. The monoisotopic (exact) mass is 183 g/mol. The van der Waals surface area contributed by atoms with Crippen LogP contribution in [0.25, 0.3) is 0 Å². The van der Waals surface area contributed by atoms with Crippen LogP contribution in [-0.4, -0.2) is 18.2 Å². The average Bonchev–Trinajstić information content (AvgIpc) is 2.45. The fourth-order valence-corrected chi connectivity index (χ4v) is 1.54. The van der Waals surface area contributed by atoms with E-state index in [0.717, 1.165) is 31.4 Å². The lowest BCUT2D eigenvalue weighted by Gasteiger charge is -2.08. The van der Waals surface area contributed by atoms with Crippen LogP contribution in [0.5, 0.6) is 0 Å². The van der Waals surface area contributed by atoms with E-state index in [4.69, 9.17) is 5.73 Å². The van der Waals surface area contributed by atoms with Gasteiger partial charge in [-0.15, -0.1) is 0 Å². The van der Waals surface area contributed by atoms with Crippen molar-refractivity contribution in [2.24, 2.45) is 16.8 Å². The third-order valence-electron chi connectivity index (χ3n) is 2.23. The summed E-state index contributed by atoms with van der Waals surface area (Å²) in [4.78, 5) is 11.3. The molecule has 0 aromatic rings. The average molecular weight is 183 g/mol. The Balaban J connectivity index is 2.47. The van der Waals surface area contributed by atoms with Gasteiger partial charge in [0.1, 0.15) is 0 Å². The third-order valence-corrected chi connectivity index (χ3v) is 2.23. The summed E-state index contributed by atoms with van der Waals surface area (Å²) in [6.45, 7) is 2.73. The summed E-state index contributed by atoms with van der Waals surface area (Å²) in [5.74, 6) is 0.0281. The van der Waals surface area contributed by atoms with Gasteiger partial charge < -0.3 is 5.73 Å². The Bertz CT molecular complexity index is 213. The molecule has 74 valence electrons. The lowest BCUT2D eigenvalue weighted by atomic mass is 9.95. The number of hydrogen-bond acceptors (Lipinski definition) is 3. The second kappa shape index (κ2) is 4.97. The van der Waals surface area contributed by atoms with Gasteiger partial charge in [0.2, 0.25) is 5.91 Å². The van der Waals surface area contributed by atoms with Gasteiger partial charge >= 0.3 is 0 Å². The van der Waals surface area contributed by atoms with Crippen LogP contribution in [0.3, 0.4) is 0 Å². The number of amides is 1. The van der Waals surface area contributed by atoms with E-state index in [9.17, 15) is 4.79 Å². The molecular formula is C9H17N3O. The highest BCUT2D eigenvalue weighted by Gasteiger charge is 2.27. The molecule has 1 atom stereocenters. The summed E-state index contributed by atoms with van der Waals surface area (Å²) in [5, 5.41) is 4.02. The van der Waals surface area contributed by atoms with E-state index < -0.39 is 0 Å². The second-order valence-corrected chi connectivity index (χ2v) is 3.31. The molecule has 1 unspecified atom stereocenters. The molecule has 1 rings (SSSR count). The van der Waals surface area contributed by atoms with Crippen molar-refractivity contribution in [2.75, 3.05) is 6.54 Å². The van der Waals surface area contributed by atoms with E-state index in [2.05, 4.69) is 17.5 Å². The first-order chi connectivity index (χ1) is 6.29. The normalized spacial score (nSPS) is 21.5. The molecule has 0 aromatic heterocycles. The van der Waals surface area contributed by atoms with Crippen molar-refractivity contribution in [1.29, 1.82) is 0 Å². The number of hydrazone groups is 1. The van der Waals surface area contributed by atoms with E-state index in [1.165, 1.54) is 0 Å². The Labute approximate surface area is 78.6 Å². The smallest absolute Gasteiger partial charge is 0.248 e. The molecule has 4 nitrogen and oxygen atoms in total. The van der Waals surface area contributed by atoms with Crippen LogP contribution in [0.15, 0.2) is 5.10 Å². The Hall–Kier alpha value is -0.900. The molecule has 0 saturated heterocycles. The number of nitrogens with one attached hydrogen (secondary N) is 1. The lowest BCUT2D eigenvalue weighted by molar-refractivity contribution is -0.122. The van der Waals surface area contributed by atoms with Gasteiger partial charge in [0.15, 0.2) is 0 Å². The predicted octanol–water partition coefficient (Wildman–Crippen LogP) is 0.627. The van der Waals surface area contributed by atoms with Gasteiger partial charge in [0, 0.05) is 0 Å². The van der Waals surface area contributed by atoms with Crippen molar-refractivity contribution in [1.82, 2.24) is 5.43 Å². The van der Waals surface area contributed by atoms with Crippen molar-refractivity contribution >= 4 is 11.6 Å². The molecule has 0 aliphatic carbocycles. The summed E-state index contributed by atoms with van der Waals surface area (Å²) in [6, 6.07) is 0. The summed E-state index contributed by atoms with van der Waals surface area (Å²) in [5.41, 5.74) is 8.92. The Morgan fingerprint density at radius 3 is 3.00 bits per heavy atom. The van der Waals surface area contributed by atoms with E-state index >= 15 is 0 Å². The first-order valence-corrected chi connectivity index (χ1v) is 4.86. The van der Waals surface area contributed by atoms with Gasteiger partial charge in [-0.05, 0) is 25.8 Å². The van der Waals surface area contributed by atoms with Gasteiger partial charge in [0.25, 0.3) is 0 Å². The zero-order valence-corrected chi connectivity index (χ0v) is 8.05. The highest BCUT2D eigenvalue weighted by atomic mass is 16.2. The Morgan fingerprint density at radius 1 is 1.62 bits per heavy atom. The number of nitrogens with two attached hydrogens (primary N) is 1. The second-order valence-electron chi connectivity index (χ2n) is 3.31. The van der Waals surface area contributed by atoms with Crippen LogP contribution in [0.1, 0.15) is 32.6 Å². The van der Waals surface area contributed by atoms with Gasteiger partial charge in [0.05, 0.1) is 11.6 Å². The molecule has 0 saturated carbocycles.